The SMILES string of the molecule is CC(C)c1cc(C2=CCCN(C(=O)CCN3C=CCN3)C2)c(F)c2[nH]c(C(=O)N(C)C)cc12. The van der Waals surface area contributed by atoms with E-state index in [1.54, 1.807) is 20.2 Å². The molecule has 0 aliphatic carbocycles. The van der Waals surface area contributed by atoms with E-state index in [1.165, 1.54) is 4.90 Å². The van der Waals surface area contributed by atoms with Crippen LogP contribution in [-0.2, 0) is 4.79 Å². The van der Waals surface area contributed by atoms with Crippen molar-refractivity contribution < 1.29 is 14.0 Å². The minimum absolute atomic E-state index is 0.0620. The molecular formula is C25H32FN5O2. The first kappa shape index (κ1) is 23.0. The highest BCUT2D eigenvalue weighted by atomic mass is 19.1. The summed E-state index contributed by atoms with van der Waals surface area (Å²) in [7, 11) is 3.35. The van der Waals surface area contributed by atoms with Crippen molar-refractivity contribution in [2.24, 2.45) is 0 Å². The number of nitrogens with zero attached hydrogens (tertiary/aromatic N) is 3. The average molecular weight is 454 g/mol. The Labute approximate surface area is 193 Å². The number of benzene rings is 1. The number of aromatic amines is 1. The van der Waals surface area contributed by atoms with Gasteiger partial charge in [-0.1, -0.05) is 26.0 Å². The van der Waals surface area contributed by atoms with Crippen LogP contribution in [0, 0.1) is 5.82 Å². The first-order valence-corrected chi connectivity index (χ1v) is 11.5. The molecule has 1 aromatic heterocycles. The summed E-state index contributed by atoms with van der Waals surface area (Å²) in [5, 5.41) is 2.64. The molecule has 0 saturated carbocycles. The summed E-state index contributed by atoms with van der Waals surface area (Å²) < 4.78 is 15.7. The molecule has 2 aliphatic heterocycles. The lowest BCUT2D eigenvalue weighted by atomic mass is 9.92. The second-order valence-electron chi connectivity index (χ2n) is 9.18. The summed E-state index contributed by atoms with van der Waals surface area (Å²) >= 11 is 0. The number of carbonyl (C=O) groups excluding carboxylic acids is 2. The van der Waals surface area contributed by atoms with Crippen LogP contribution in [0.1, 0.15) is 54.2 Å². The van der Waals surface area contributed by atoms with E-state index in [1.807, 2.05) is 34.3 Å². The molecule has 8 heteroatoms. The molecule has 0 fully saturated rings. The van der Waals surface area contributed by atoms with E-state index in [-0.39, 0.29) is 23.5 Å². The van der Waals surface area contributed by atoms with Crippen molar-refractivity contribution in [1.82, 2.24) is 25.2 Å². The van der Waals surface area contributed by atoms with E-state index in [0.29, 0.717) is 49.2 Å². The Morgan fingerprint density at radius 3 is 2.70 bits per heavy atom. The lowest BCUT2D eigenvalue weighted by molar-refractivity contribution is -0.131. The van der Waals surface area contributed by atoms with Gasteiger partial charge in [0, 0.05) is 63.8 Å². The highest BCUT2D eigenvalue weighted by molar-refractivity contribution is 6.00. The Morgan fingerprint density at radius 2 is 2.03 bits per heavy atom. The summed E-state index contributed by atoms with van der Waals surface area (Å²) in [6.07, 6.45) is 7.06. The zero-order valence-corrected chi connectivity index (χ0v) is 19.7. The van der Waals surface area contributed by atoms with Crippen molar-refractivity contribution in [3.05, 3.63) is 53.1 Å². The Hall–Kier alpha value is -3.13. The van der Waals surface area contributed by atoms with Crippen molar-refractivity contribution >= 4 is 28.3 Å². The molecule has 0 radical (unpaired) electrons. The summed E-state index contributed by atoms with van der Waals surface area (Å²) in [6.45, 7) is 6.52. The van der Waals surface area contributed by atoms with Crippen LogP contribution < -0.4 is 5.43 Å². The fraction of sp³-hybridized carbons (Fsp3) is 0.440. The van der Waals surface area contributed by atoms with Gasteiger partial charge in [-0.25, -0.2) is 9.82 Å². The monoisotopic (exact) mass is 453 g/mol. The van der Waals surface area contributed by atoms with E-state index in [4.69, 9.17) is 0 Å². The molecule has 0 spiro atoms. The first-order valence-electron chi connectivity index (χ1n) is 11.5. The maximum Gasteiger partial charge on any atom is 0.269 e. The molecule has 0 bridgehead atoms. The van der Waals surface area contributed by atoms with Crippen LogP contribution in [0.5, 0.6) is 0 Å². The molecule has 2 aromatic rings. The van der Waals surface area contributed by atoms with Gasteiger partial charge in [0.1, 0.15) is 5.69 Å². The van der Waals surface area contributed by atoms with Crippen LogP contribution in [0.15, 0.2) is 30.5 Å². The summed E-state index contributed by atoms with van der Waals surface area (Å²) in [6, 6.07) is 3.63. The molecular weight excluding hydrogens is 421 g/mol. The molecule has 7 nitrogen and oxygen atoms in total. The summed E-state index contributed by atoms with van der Waals surface area (Å²) in [5.41, 5.74) is 6.17. The number of hydrogen-bond donors (Lipinski definition) is 2. The predicted molar refractivity (Wildman–Crippen MR) is 128 cm³/mol. The topological polar surface area (TPSA) is 71.7 Å². The quantitative estimate of drug-likeness (QED) is 0.703. The molecule has 176 valence electrons. The van der Waals surface area contributed by atoms with Crippen molar-refractivity contribution in [1.29, 1.82) is 0 Å². The Kier molecular flexibility index (Phi) is 6.56. The number of nitrogens with one attached hydrogen (secondary N) is 2. The Morgan fingerprint density at radius 1 is 1.24 bits per heavy atom. The van der Waals surface area contributed by atoms with Gasteiger partial charge in [0.25, 0.3) is 5.91 Å². The molecule has 1 aromatic carbocycles. The van der Waals surface area contributed by atoms with Crippen LogP contribution in [0.2, 0.25) is 0 Å². The van der Waals surface area contributed by atoms with Crippen LogP contribution >= 0.6 is 0 Å². The number of carbonyl (C=O) groups is 2. The molecule has 0 atom stereocenters. The van der Waals surface area contributed by atoms with Crippen LogP contribution in [0.4, 0.5) is 4.39 Å². The molecule has 0 saturated heterocycles. The number of amides is 2. The summed E-state index contributed by atoms with van der Waals surface area (Å²) in [5.74, 6) is -0.364. The number of halogens is 1. The zero-order valence-electron chi connectivity index (χ0n) is 19.7. The van der Waals surface area contributed by atoms with Gasteiger partial charge in [0.05, 0.1) is 5.52 Å². The van der Waals surface area contributed by atoms with Gasteiger partial charge in [-0.15, -0.1) is 0 Å². The minimum atomic E-state index is -0.376. The zero-order chi connectivity index (χ0) is 23.7. The lowest BCUT2D eigenvalue weighted by Crippen LogP contribution is -2.38. The smallest absolute Gasteiger partial charge is 0.269 e. The molecule has 2 N–H and O–H groups in total. The normalized spacial score (nSPS) is 16.1. The van der Waals surface area contributed by atoms with Crippen LogP contribution in [0.25, 0.3) is 16.5 Å². The lowest BCUT2D eigenvalue weighted by Gasteiger charge is -2.29. The molecule has 2 amide bonds. The highest BCUT2D eigenvalue weighted by Gasteiger charge is 2.25. The molecule has 33 heavy (non-hydrogen) atoms. The largest absolute Gasteiger partial charge is 0.348 e. The highest BCUT2D eigenvalue weighted by Crippen LogP contribution is 2.35. The second-order valence-corrected chi connectivity index (χ2v) is 9.18. The molecule has 0 unspecified atom stereocenters. The van der Waals surface area contributed by atoms with Gasteiger partial charge in [-0.05, 0) is 35.6 Å². The third-order valence-electron chi connectivity index (χ3n) is 6.26. The van der Waals surface area contributed by atoms with E-state index < -0.39 is 0 Å². The predicted octanol–water partition coefficient (Wildman–Crippen LogP) is 3.47. The second kappa shape index (κ2) is 9.39. The van der Waals surface area contributed by atoms with Crippen molar-refractivity contribution in [3.63, 3.8) is 0 Å². The Balaban J connectivity index is 1.62. The number of hydrogen-bond acceptors (Lipinski definition) is 4. The molecule has 3 heterocycles. The van der Waals surface area contributed by atoms with Gasteiger partial charge >= 0.3 is 0 Å². The number of rotatable bonds is 6. The van der Waals surface area contributed by atoms with Gasteiger partial charge in [-0.2, -0.15) is 0 Å². The average Bonchev–Trinajstić information content (AvgIpc) is 3.47. The fourth-order valence-corrected chi connectivity index (χ4v) is 4.44. The third-order valence-corrected chi connectivity index (χ3v) is 6.26. The first-order chi connectivity index (χ1) is 15.8. The maximum absolute atomic E-state index is 15.7. The molecule has 2 aliphatic rings. The fourth-order valence-electron chi connectivity index (χ4n) is 4.44. The van der Waals surface area contributed by atoms with Crippen molar-refractivity contribution in [2.45, 2.75) is 32.6 Å². The van der Waals surface area contributed by atoms with Gasteiger partial charge in [-0.3, -0.25) is 9.59 Å². The van der Waals surface area contributed by atoms with Gasteiger partial charge < -0.3 is 19.8 Å². The van der Waals surface area contributed by atoms with Crippen molar-refractivity contribution in [2.75, 3.05) is 40.3 Å². The number of fused-ring (bicyclic) bond motifs is 1. The van der Waals surface area contributed by atoms with Crippen LogP contribution in [0.3, 0.4) is 0 Å². The maximum atomic E-state index is 15.7. The summed E-state index contributed by atoms with van der Waals surface area (Å²) in [4.78, 5) is 31.6. The number of hydrazine groups is 1. The minimum Gasteiger partial charge on any atom is -0.348 e. The van der Waals surface area contributed by atoms with E-state index >= 15 is 4.39 Å². The van der Waals surface area contributed by atoms with E-state index in [0.717, 1.165) is 23.1 Å². The van der Waals surface area contributed by atoms with E-state index in [9.17, 15) is 9.59 Å². The van der Waals surface area contributed by atoms with E-state index in [2.05, 4.69) is 24.3 Å². The molecule has 4 rings (SSSR count). The van der Waals surface area contributed by atoms with Gasteiger partial charge in [0.15, 0.2) is 5.82 Å². The third kappa shape index (κ3) is 4.66. The van der Waals surface area contributed by atoms with Crippen molar-refractivity contribution in [3.8, 4) is 0 Å². The van der Waals surface area contributed by atoms with Gasteiger partial charge in [0.2, 0.25) is 5.91 Å². The Bertz CT molecular complexity index is 1130. The van der Waals surface area contributed by atoms with Crippen LogP contribution in [-0.4, -0.2) is 71.9 Å². The number of aromatic nitrogens is 1. The number of H-pyrrole nitrogens is 1. The standard InChI is InChI=1S/C25H32FN5O2/c1-16(2)18-13-19(23(26)24-20(18)14-21(28-24)25(33)29(3)4)17-7-5-10-30(15-17)22(32)8-12-31-11-6-9-27-31/h6-7,11,13-14,16,27-28H,5,8-10,12,15H2,1-4H3.